The predicted molar refractivity (Wildman–Crippen MR) is 147 cm³/mol. The van der Waals surface area contributed by atoms with Crippen LogP contribution in [0.1, 0.15) is 78.6 Å². The van der Waals surface area contributed by atoms with Crippen LogP contribution in [0.5, 0.6) is 0 Å². The van der Waals surface area contributed by atoms with Gasteiger partial charge >= 0.3 is 0 Å². The fourth-order valence-electron chi connectivity index (χ4n) is 8.28. The van der Waals surface area contributed by atoms with E-state index in [9.17, 15) is 9.59 Å². The van der Waals surface area contributed by atoms with Crippen molar-refractivity contribution in [3.05, 3.63) is 0 Å². The van der Waals surface area contributed by atoms with Gasteiger partial charge in [-0.1, -0.05) is 20.3 Å². The quantitative estimate of drug-likeness (QED) is 0.401. The largest absolute Gasteiger partial charge is 0.362 e. The Hall–Kier alpha value is -0.920. The Balaban J connectivity index is 0.00000342. The molecule has 6 nitrogen and oxygen atoms in total. The molecule has 0 bridgehead atoms. The van der Waals surface area contributed by atoms with Crippen LogP contribution in [-0.2, 0) is 9.59 Å². The molecule has 35 heavy (non-hydrogen) atoms. The summed E-state index contributed by atoms with van der Waals surface area (Å²) in [6, 6.07) is 0.193. The number of carbonyl (C=O) groups excluding carboxylic acids is 2. The lowest BCUT2D eigenvalue weighted by atomic mass is 9.47. The van der Waals surface area contributed by atoms with Gasteiger partial charge in [0.25, 0.3) is 0 Å². The molecule has 0 aromatic rings. The SMILES string of the molecule is CCNC(=S)N(CCCN(C)C)C(=O)C1C[C@@]2(C)[C@@H](CC[C@H]3[C@@H]4CCC[C@@]4(C)CC[C@@H]32)NC1=O.Cl. The monoisotopic (exact) mass is 526 g/mol. The topological polar surface area (TPSA) is 64.7 Å². The summed E-state index contributed by atoms with van der Waals surface area (Å²) in [5, 5.41) is 6.94. The summed E-state index contributed by atoms with van der Waals surface area (Å²) in [5.74, 6) is 1.30. The zero-order valence-electron chi connectivity index (χ0n) is 22.4. The van der Waals surface area contributed by atoms with Crippen molar-refractivity contribution >= 4 is 41.6 Å². The van der Waals surface area contributed by atoms with Crippen LogP contribution in [0.3, 0.4) is 0 Å². The molecule has 2 amide bonds. The first kappa shape index (κ1) is 28.6. The lowest BCUT2D eigenvalue weighted by Gasteiger charge is -2.60. The van der Waals surface area contributed by atoms with E-state index in [0.717, 1.165) is 31.2 Å². The van der Waals surface area contributed by atoms with Gasteiger partial charge in [0.1, 0.15) is 5.92 Å². The first-order valence-electron chi connectivity index (χ1n) is 13.6. The molecule has 4 fully saturated rings. The van der Waals surface area contributed by atoms with Crippen molar-refractivity contribution in [2.45, 2.75) is 84.6 Å². The number of fused-ring (bicyclic) bond motifs is 5. The average Bonchev–Trinajstić information content (AvgIpc) is 3.18. The van der Waals surface area contributed by atoms with Gasteiger partial charge in [-0.3, -0.25) is 14.5 Å². The fraction of sp³-hybridized carbons (Fsp3) is 0.889. The zero-order chi connectivity index (χ0) is 24.7. The Kier molecular flexibility index (Phi) is 9.18. The summed E-state index contributed by atoms with van der Waals surface area (Å²) in [6.07, 6.45) is 10.4. The maximum absolute atomic E-state index is 13.8. The average molecular weight is 527 g/mol. The third-order valence-corrected chi connectivity index (χ3v) is 10.4. The molecule has 3 saturated carbocycles. The van der Waals surface area contributed by atoms with Crippen LogP contribution in [0.4, 0.5) is 0 Å². The molecule has 1 aliphatic heterocycles. The van der Waals surface area contributed by atoms with Gasteiger partial charge in [-0.25, -0.2) is 0 Å². The van der Waals surface area contributed by atoms with Crippen molar-refractivity contribution in [2.75, 3.05) is 33.7 Å². The second-order valence-electron chi connectivity index (χ2n) is 12.3. The van der Waals surface area contributed by atoms with Crippen LogP contribution >= 0.6 is 24.6 Å². The smallest absolute Gasteiger partial charge is 0.241 e. The standard InChI is InChI=1S/C27H46N4O2S.ClH/c1-6-28-25(34)31(16-8-15-30(4)5)24(33)19-17-27(3)21-12-14-26(2)13-7-9-20(26)18(21)10-11-22(27)29-23(19)32;/h18-22H,6-17H2,1-5H3,(H,28,34)(H,29,32);1H/t18-,19?,20-,21-,22+,26-,27+;/m0./s1. The molecule has 0 aromatic carbocycles. The molecule has 4 aliphatic rings. The van der Waals surface area contributed by atoms with Crippen molar-refractivity contribution in [1.29, 1.82) is 0 Å². The highest BCUT2D eigenvalue weighted by Crippen LogP contribution is 2.64. The number of halogens is 1. The Morgan fingerprint density at radius 3 is 2.54 bits per heavy atom. The van der Waals surface area contributed by atoms with Crippen LogP contribution in [0, 0.1) is 34.5 Å². The number of nitrogens with one attached hydrogen (secondary N) is 2. The van der Waals surface area contributed by atoms with Crippen molar-refractivity contribution in [3.63, 3.8) is 0 Å². The number of hydrogen-bond acceptors (Lipinski definition) is 4. The van der Waals surface area contributed by atoms with Crippen LogP contribution in [-0.4, -0.2) is 66.5 Å². The third kappa shape index (κ3) is 5.38. The van der Waals surface area contributed by atoms with E-state index < -0.39 is 5.92 Å². The minimum absolute atomic E-state index is 0. The highest BCUT2D eigenvalue weighted by atomic mass is 35.5. The second-order valence-corrected chi connectivity index (χ2v) is 12.7. The molecule has 0 spiro atoms. The van der Waals surface area contributed by atoms with Gasteiger partial charge in [-0.15, -0.1) is 12.4 Å². The molecular formula is C27H47ClN4O2S. The molecule has 1 unspecified atom stereocenters. The van der Waals surface area contributed by atoms with E-state index in [0.29, 0.717) is 36.0 Å². The molecule has 8 heteroatoms. The van der Waals surface area contributed by atoms with Gasteiger partial charge in [0.05, 0.1) is 0 Å². The number of piperidine rings is 1. The molecule has 0 radical (unpaired) electrons. The van der Waals surface area contributed by atoms with Gasteiger partial charge in [0.2, 0.25) is 11.8 Å². The summed E-state index contributed by atoms with van der Waals surface area (Å²) < 4.78 is 0. The molecule has 4 rings (SSSR count). The second kappa shape index (κ2) is 11.2. The van der Waals surface area contributed by atoms with E-state index in [4.69, 9.17) is 12.2 Å². The highest BCUT2D eigenvalue weighted by molar-refractivity contribution is 7.80. The van der Waals surface area contributed by atoms with Crippen molar-refractivity contribution < 1.29 is 9.59 Å². The maximum Gasteiger partial charge on any atom is 0.241 e. The van der Waals surface area contributed by atoms with Crippen molar-refractivity contribution in [3.8, 4) is 0 Å². The molecular weight excluding hydrogens is 480 g/mol. The maximum atomic E-state index is 13.8. The van der Waals surface area contributed by atoms with Crippen LogP contribution in [0.15, 0.2) is 0 Å². The fourth-order valence-corrected chi connectivity index (χ4v) is 8.60. The first-order chi connectivity index (χ1) is 16.1. The Morgan fingerprint density at radius 2 is 1.86 bits per heavy atom. The number of carbonyl (C=O) groups is 2. The van der Waals surface area contributed by atoms with E-state index >= 15 is 0 Å². The van der Waals surface area contributed by atoms with Gasteiger partial charge in [0.15, 0.2) is 5.11 Å². The molecule has 0 aromatic heterocycles. The van der Waals surface area contributed by atoms with Crippen molar-refractivity contribution in [2.24, 2.45) is 34.5 Å². The zero-order valence-corrected chi connectivity index (χ0v) is 24.0. The number of thiocarbonyl (C=S) groups is 1. The lowest BCUT2D eigenvalue weighted by molar-refractivity contribution is -0.153. The molecule has 1 saturated heterocycles. The van der Waals surface area contributed by atoms with E-state index in [1.54, 1.807) is 4.90 Å². The van der Waals surface area contributed by atoms with Crippen molar-refractivity contribution in [1.82, 2.24) is 20.4 Å². The third-order valence-electron chi connectivity index (χ3n) is 10.1. The summed E-state index contributed by atoms with van der Waals surface area (Å²) in [7, 11) is 4.06. The van der Waals surface area contributed by atoms with E-state index in [1.807, 2.05) is 21.0 Å². The minimum atomic E-state index is -0.646. The molecule has 3 aliphatic carbocycles. The summed E-state index contributed by atoms with van der Waals surface area (Å²) >= 11 is 5.59. The van der Waals surface area contributed by atoms with E-state index in [-0.39, 0.29) is 35.7 Å². The molecule has 200 valence electrons. The number of rotatable bonds is 6. The van der Waals surface area contributed by atoms with Crippen LogP contribution < -0.4 is 10.6 Å². The molecule has 2 N–H and O–H groups in total. The highest BCUT2D eigenvalue weighted by Gasteiger charge is 2.60. The number of hydrogen-bond donors (Lipinski definition) is 2. The van der Waals surface area contributed by atoms with Gasteiger partial charge in [-0.2, -0.15) is 0 Å². The normalized spacial score (nSPS) is 37.9. The summed E-state index contributed by atoms with van der Waals surface area (Å²) in [6.45, 7) is 8.97. The first-order valence-corrected chi connectivity index (χ1v) is 14.1. The van der Waals surface area contributed by atoms with Crippen LogP contribution in [0.2, 0.25) is 0 Å². The van der Waals surface area contributed by atoms with Crippen LogP contribution in [0.25, 0.3) is 0 Å². The Bertz CT molecular complexity index is 810. The van der Waals surface area contributed by atoms with Gasteiger partial charge < -0.3 is 15.5 Å². The number of amides is 2. The molecule has 7 atom stereocenters. The van der Waals surface area contributed by atoms with Gasteiger partial charge in [-0.05, 0) is 120 Å². The Morgan fingerprint density at radius 1 is 1.11 bits per heavy atom. The predicted octanol–water partition coefficient (Wildman–Crippen LogP) is 4.22. The molecule has 1 heterocycles. The summed E-state index contributed by atoms with van der Waals surface area (Å²) in [4.78, 5) is 30.9. The Labute approximate surface area is 224 Å². The number of nitrogens with zero attached hydrogens (tertiary/aromatic N) is 2. The van der Waals surface area contributed by atoms with E-state index in [1.165, 1.54) is 38.5 Å². The van der Waals surface area contributed by atoms with E-state index in [2.05, 4.69) is 29.4 Å². The summed E-state index contributed by atoms with van der Waals surface area (Å²) in [5.41, 5.74) is 0.495. The van der Waals surface area contributed by atoms with Gasteiger partial charge in [0, 0.05) is 19.1 Å². The lowest BCUT2D eigenvalue weighted by Crippen LogP contribution is -2.65. The minimum Gasteiger partial charge on any atom is -0.362 e.